The van der Waals surface area contributed by atoms with Gasteiger partial charge in [-0.05, 0) is 97.2 Å². The van der Waals surface area contributed by atoms with Crippen LogP contribution in [0.15, 0.2) is 0 Å². The van der Waals surface area contributed by atoms with Crippen LogP contribution in [0, 0.1) is 52.3 Å². The predicted molar refractivity (Wildman–Crippen MR) is 118 cm³/mol. The number of epoxide rings is 1. The Balaban J connectivity index is 1.30. The number of ether oxygens (including phenoxy) is 1. The van der Waals surface area contributed by atoms with E-state index in [1.54, 1.807) is 0 Å². The molecule has 0 radical (unpaired) electrons. The van der Waals surface area contributed by atoms with Gasteiger partial charge in [-0.3, -0.25) is 0 Å². The average Bonchev–Trinajstić information content (AvgIpc) is 3.14. The van der Waals surface area contributed by atoms with Gasteiger partial charge in [0.05, 0.1) is 0 Å². The molecule has 0 bridgehead atoms. The molecule has 1 heterocycles. The SMILES string of the molecule is CC(C)CCC[C@@H](C)[C@H]1CC[C@H]2[C@@H]3CCC4C[C@]5(O)OC5C[C@]4(C)[C@H]3CC[C@]12C. The van der Waals surface area contributed by atoms with Crippen molar-refractivity contribution in [2.24, 2.45) is 52.3 Å². The maximum absolute atomic E-state index is 10.6. The fourth-order valence-corrected chi connectivity index (χ4v) is 9.56. The maximum Gasteiger partial charge on any atom is 0.193 e. The van der Waals surface area contributed by atoms with Crippen LogP contribution in [0.2, 0.25) is 0 Å². The van der Waals surface area contributed by atoms with Gasteiger partial charge in [0.15, 0.2) is 5.79 Å². The molecule has 0 aromatic rings. The van der Waals surface area contributed by atoms with Crippen molar-refractivity contribution in [2.45, 2.75) is 117 Å². The van der Waals surface area contributed by atoms with Crippen LogP contribution < -0.4 is 0 Å². The molecule has 2 unspecified atom stereocenters. The molecule has 4 aliphatic carbocycles. The Morgan fingerprint density at radius 3 is 2.41 bits per heavy atom. The smallest absolute Gasteiger partial charge is 0.193 e. The van der Waals surface area contributed by atoms with E-state index in [1.165, 1.54) is 57.8 Å². The average molecular weight is 403 g/mol. The molecule has 0 spiro atoms. The molecular weight excluding hydrogens is 356 g/mol. The lowest BCUT2D eigenvalue weighted by Crippen LogP contribution is -2.55. The van der Waals surface area contributed by atoms with E-state index in [0.717, 1.165) is 48.3 Å². The summed E-state index contributed by atoms with van der Waals surface area (Å²) >= 11 is 0. The van der Waals surface area contributed by atoms with Crippen molar-refractivity contribution in [3.8, 4) is 0 Å². The summed E-state index contributed by atoms with van der Waals surface area (Å²) in [6, 6.07) is 0. The van der Waals surface area contributed by atoms with E-state index in [-0.39, 0.29) is 6.10 Å². The second-order valence-corrected chi connectivity index (χ2v) is 13.0. The molecule has 10 atom stereocenters. The molecule has 0 amide bonds. The van der Waals surface area contributed by atoms with E-state index in [1.807, 2.05) is 0 Å². The van der Waals surface area contributed by atoms with Crippen molar-refractivity contribution in [2.75, 3.05) is 0 Å². The van der Waals surface area contributed by atoms with Crippen molar-refractivity contribution in [3.63, 3.8) is 0 Å². The van der Waals surface area contributed by atoms with Crippen LogP contribution >= 0.6 is 0 Å². The zero-order valence-corrected chi connectivity index (χ0v) is 19.8. The minimum Gasteiger partial charge on any atom is -0.363 e. The van der Waals surface area contributed by atoms with Gasteiger partial charge in [0.1, 0.15) is 6.10 Å². The van der Waals surface area contributed by atoms with Crippen LogP contribution in [0.4, 0.5) is 0 Å². The third-order valence-corrected chi connectivity index (χ3v) is 11.2. The minimum atomic E-state index is -0.732. The monoisotopic (exact) mass is 402 g/mol. The van der Waals surface area contributed by atoms with Crippen LogP contribution in [0.3, 0.4) is 0 Å². The lowest BCUT2D eigenvalue weighted by atomic mass is 9.44. The van der Waals surface area contributed by atoms with Gasteiger partial charge >= 0.3 is 0 Å². The molecule has 166 valence electrons. The van der Waals surface area contributed by atoms with E-state index in [9.17, 15) is 5.11 Å². The van der Waals surface area contributed by atoms with Gasteiger partial charge in [-0.1, -0.05) is 53.9 Å². The summed E-state index contributed by atoms with van der Waals surface area (Å²) in [5.41, 5.74) is 1.01. The summed E-state index contributed by atoms with van der Waals surface area (Å²) in [7, 11) is 0. The van der Waals surface area contributed by atoms with Crippen molar-refractivity contribution < 1.29 is 9.84 Å². The molecule has 1 saturated heterocycles. The van der Waals surface area contributed by atoms with Crippen LogP contribution in [-0.2, 0) is 4.74 Å². The Hall–Kier alpha value is -0.0800. The Morgan fingerprint density at radius 1 is 0.897 bits per heavy atom. The summed E-state index contributed by atoms with van der Waals surface area (Å²) in [5.74, 6) is 5.43. The van der Waals surface area contributed by atoms with Crippen molar-refractivity contribution in [1.29, 1.82) is 0 Å². The van der Waals surface area contributed by atoms with Crippen molar-refractivity contribution >= 4 is 0 Å². The normalized spacial score (nSPS) is 54.3. The fraction of sp³-hybridized carbons (Fsp3) is 1.00. The van der Waals surface area contributed by atoms with Crippen LogP contribution in [0.25, 0.3) is 0 Å². The standard InChI is InChI=1S/C27H46O2/c1-17(2)7-6-8-18(3)21-11-12-22-20-10-9-19-15-27(28)24(29-27)16-26(19,5)23(20)13-14-25(21,22)4/h17-24,28H,6-16H2,1-5H3/t18-,19?,20+,21-,22+,23+,24?,25-,26+,27+/m1/s1. The molecule has 1 N–H and O–H groups in total. The first-order valence-corrected chi connectivity index (χ1v) is 13.1. The second kappa shape index (κ2) is 6.96. The van der Waals surface area contributed by atoms with Gasteiger partial charge in [0.25, 0.3) is 0 Å². The predicted octanol–water partition coefficient (Wildman–Crippen LogP) is 6.81. The summed E-state index contributed by atoms with van der Waals surface area (Å²) in [4.78, 5) is 0. The van der Waals surface area contributed by atoms with Crippen molar-refractivity contribution in [3.05, 3.63) is 0 Å². The van der Waals surface area contributed by atoms with Gasteiger partial charge in [0, 0.05) is 6.42 Å². The number of rotatable bonds is 5. The number of hydrogen-bond acceptors (Lipinski definition) is 2. The van der Waals surface area contributed by atoms with Crippen molar-refractivity contribution in [1.82, 2.24) is 0 Å². The molecule has 29 heavy (non-hydrogen) atoms. The van der Waals surface area contributed by atoms with Gasteiger partial charge < -0.3 is 9.84 Å². The van der Waals surface area contributed by atoms with Crippen LogP contribution in [0.5, 0.6) is 0 Å². The number of fused-ring (bicyclic) bond motifs is 6. The van der Waals surface area contributed by atoms with E-state index >= 15 is 0 Å². The fourth-order valence-electron chi connectivity index (χ4n) is 9.56. The Bertz CT molecular complexity index is 630. The Morgan fingerprint density at radius 2 is 1.66 bits per heavy atom. The van der Waals surface area contributed by atoms with E-state index in [0.29, 0.717) is 16.7 Å². The zero-order valence-electron chi connectivity index (χ0n) is 19.8. The molecule has 1 aliphatic heterocycles. The third-order valence-electron chi connectivity index (χ3n) is 11.2. The first-order valence-electron chi connectivity index (χ1n) is 13.1. The summed E-state index contributed by atoms with van der Waals surface area (Å²) < 4.78 is 5.77. The molecule has 5 fully saturated rings. The molecule has 5 rings (SSSR count). The first-order chi connectivity index (χ1) is 13.7. The highest BCUT2D eigenvalue weighted by Gasteiger charge is 2.68. The topological polar surface area (TPSA) is 32.8 Å². The summed E-state index contributed by atoms with van der Waals surface area (Å²) in [5, 5.41) is 10.6. The van der Waals surface area contributed by atoms with Crippen LogP contribution in [0.1, 0.15) is 105 Å². The lowest BCUT2D eigenvalue weighted by Gasteiger charge is -2.60. The highest BCUT2D eigenvalue weighted by Crippen LogP contribution is 2.70. The van der Waals surface area contributed by atoms with Gasteiger partial charge in [-0.2, -0.15) is 0 Å². The Kier molecular flexibility index (Phi) is 4.99. The summed E-state index contributed by atoms with van der Waals surface area (Å²) in [6.07, 6.45) is 15.1. The molecular formula is C27H46O2. The lowest BCUT2D eigenvalue weighted by molar-refractivity contribution is -0.128. The Labute approximate surface area is 179 Å². The summed E-state index contributed by atoms with van der Waals surface area (Å²) in [6.45, 7) is 12.6. The first kappa shape index (κ1) is 20.8. The maximum atomic E-state index is 10.6. The van der Waals surface area contributed by atoms with Crippen LogP contribution in [-0.4, -0.2) is 17.0 Å². The second-order valence-electron chi connectivity index (χ2n) is 13.0. The highest BCUT2D eigenvalue weighted by atomic mass is 16.7. The molecule has 2 nitrogen and oxygen atoms in total. The van der Waals surface area contributed by atoms with Gasteiger partial charge in [-0.25, -0.2) is 0 Å². The minimum absolute atomic E-state index is 0.146. The molecule has 0 aromatic carbocycles. The molecule has 2 heteroatoms. The quantitative estimate of drug-likeness (QED) is 0.513. The van der Waals surface area contributed by atoms with E-state index in [4.69, 9.17) is 4.74 Å². The van der Waals surface area contributed by atoms with E-state index in [2.05, 4.69) is 34.6 Å². The van der Waals surface area contributed by atoms with E-state index < -0.39 is 5.79 Å². The number of aliphatic hydroxyl groups is 1. The number of hydrogen-bond donors (Lipinski definition) is 1. The van der Waals surface area contributed by atoms with Gasteiger partial charge in [0.2, 0.25) is 0 Å². The third kappa shape index (κ3) is 3.17. The molecule has 4 saturated carbocycles. The highest BCUT2D eigenvalue weighted by molar-refractivity contribution is 5.14. The molecule has 0 aromatic heterocycles. The molecule has 5 aliphatic rings. The largest absolute Gasteiger partial charge is 0.363 e. The zero-order chi connectivity index (χ0) is 20.6. The van der Waals surface area contributed by atoms with Gasteiger partial charge in [-0.15, -0.1) is 0 Å².